The molecule has 0 aliphatic carbocycles. The van der Waals surface area contributed by atoms with Crippen LogP contribution in [0, 0.1) is 6.92 Å². The van der Waals surface area contributed by atoms with E-state index in [0.29, 0.717) is 16.3 Å². The predicted molar refractivity (Wildman–Crippen MR) is 78.2 cm³/mol. The smallest absolute Gasteiger partial charge is 0.163 e. The van der Waals surface area contributed by atoms with Gasteiger partial charge in [0.05, 0.1) is 12.7 Å². The van der Waals surface area contributed by atoms with E-state index in [1.165, 1.54) is 6.92 Å². The first-order valence-electron chi connectivity index (χ1n) is 5.98. The average Bonchev–Trinajstić information content (AvgIpc) is 2.38. The van der Waals surface area contributed by atoms with Gasteiger partial charge in [0.2, 0.25) is 0 Å². The molecule has 2 aromatic carbocycles. The summed E-state index contributed by atoms with van der Waals surface area (Å²) in [6.45, 7) is 3.54. The predicted octanol–water partition coefficient (Wildman–Crippen LogP) is 4.53. The summed E-state index contributed by atoms with van der Waals surface area (Å²) in [6.07, 6.45) is 0. The Morgan fingerprint density at radius 2 is 1.89 bits per heavy atom. The fourth-order valence-corrected chi connectivity index (χ4v) is 2.33. The number of hydrogen-bond donors (Lipinski definition) is 0. The third-order valence-corrected chi connectivity index (χ3v) is 3.31. The molecule has 0 aliphatic heterocycles. The van der Waals surface area contributed by atoms with E-state index in [1.807, 2.05) is 43.3 Å². The van der Waals surface area contributed by atoms with Crippen molar-refractivity contribution < 1.29 is 9.53 Å². The van der Waals surface area contributed by atoms with E-state index in [2.05, 4.69) is 0 Å². The number of hydrogen-bond acceptors (Lipinski definition) is 2. The molecule has 0 aromatic heterocycles. The van der Waals surface area contributed by atoms with Gasteiger partial charge in [0, 0.05) is 5.02 Å². The first kappa shape index (κ1) is 13.6. The van der Waals surface area contributed by atoms with E-state index in [-0.39, 0.29) is 5.78 Å². The lowest BCUT2D eigenvalue weighted by Gasteiger charge is -2.11. The van der Waals surface area contributed by atoms with Crippen molar-refractivity contribution in [3.8, 4) is 16.9 Å². The van der Waals surface area contributed by atoms with Crippen LogP contribution >= 0.6 is 11.6 Å². The number of ketones is 1. The molecule has 0 bridgehead atoms. The van der Waals surface area contributed by atoms with Crippen molar-refractivity contribution in [2.75, 3.05) is 7.11 Å². The fraction of sp³-hybridized carbons (Fsp3) is 0.188. The summed E-state index contributed by atoms with van der Waals surface area (Å²) in [5.74, 6) is 0.591. The number of halogens is 1. The highest BCUT2D eigenvalue weighted by Crippen LogP contribution is 2.30. The van der Waals surface area contributed by atoms with Crippen molar-refractivity contribution in [2.24, 2.45) is 0 Å². The average molecular weight is 275 g/mol. The van der Waals surface area contributed by atoms with Crippen LogP contribution in [0.15, 0.2) is 36.4 Å². The van der Waals surface area contributed by atoms with Gasteiger partial charge in [0.25, 0.3) is 0 Å². The number of methoxy groups -OCH3 is 1. The van der Waals surface area contributed by atoms with Gasteiger partial charge >= 0.3 is 0 Å². The Kier molecular flexibility index (Phi) is 3.91. The maximum Gasteiger partial charge on any atom is 0.163 e. The van der Waals surface area contributed by atoms with E-state index in [9.17, 15) is 4.79 Å². The number of Topliss-reactive ketones (excluding diaryl/α,β-unsaturated/α-hetero) is 1. The van der Waals surface area contributed by atoms with Gasteiger partial charge in [0.1, 0.15) is 5.75 Å². The summed E-state index contributed by atoms with van der Waals surface area (Å²) < 4.78 is 5.20. The molecule has 0 fully saturated rings. The number of rotatable bonds is 3. The molecular weight excluding hydrogens is 260 g/mol. The normalized spacial score (nSPS) is 10.3. The van der Waals surface area contributed by atoms with Crippen molar-refractivity contribution in [1.82, 2.24) is 0 Å². The van der Waals surface area contributed by atoms with Gasteiger partial charge in [-0.2, -0.15) is 0 Å². The summed E-state index contributed by atoms with van der Waals surface area (Å²) in [5.41, 5.74) is 3.72. The highest BCUT2D eigenvalue weighted by atomic mass is 35.5. The lowest BCUT2D eigenvalue weighted by molar-refractivity contribution is 0.101. The topological polar surface area (TPSA) is 26.3 Å². The Bertz CT molecular complexity index is 633. The Morgan fingerprint density at radius 1 is 1.16 bits per heavy atom. The van der Waals surface area contributed by atoms with E-state index in [4.69, 9.17) is 16.3 Å². The third kappa shape index (κ3) is 2.79. The van der Waals surface area contributed by atoms with Crippen LogP contribution in [0.5, 0.6) is 5.75 Å². The van der Waals surface area contributed by atoms with Gasteiger partial charge in [-0.1, -0.05) is 23.7 Å². The second-order valence-electron chi connectivity index (χ2n) is 4.43. The number of carbonyl (C=O) groups excluding carboxylic acids is 1. The minimum absolute atomic E-state index is 0.00897. The molecule has 3 heteroatoms. The molecule has 2 rings (SSSR count). The maximum absolute atomic E-state index is 11.6. The van der Waals surface area contributed by atoms with Crippen LogP contribution in [0.3, 0.4) is 0 Å². The molecule has 0 atom stereocenters. The first-order chi connectivity index (χ1) is 9.02. The zero-order chi connectivity index (χ0) is 14.0. The Hall–Kier alpha value is -1.80. The first-order valence-corrected chi connectivity index (χ1v) is 6.36. The molecule has 0 radical (unpaired) electrons. The molecule has 98 valence electrons. The molecule has 19 heavy (non-hydrogen) atoms. The standard InChI is InChI=1S/C16H15ClO2/c1-10-8-13(17)5-6-14(10)12-4-7-16(19-3)15(9-12)11(2)18/h4-9H,1-3H3. The molecule has 2 nitrogen and oxygen atoms in total. The third-order valence-electron chi connectivity index (χ3n) is 3.08. The summed E-state index contributed by atoms with van der Waals surface area (Å²) >= 11 is 5.96. The lowest BCUT2D eigenvalue weighted by atomic mass is 9.97. The Labute approximate surface area is 118 Å². The highest BCUT2D eigenvalue weighted by molar-refractivity contribution is 6.30. The molecule has 0 N–H and O–H groups in total. The molecule has 0 aliphatic rings. The monoisotopic (exact) mass is 274 g/mol. The molecule has 0 saturated carbocycles. The van der Waals surface area contributed by atoms with Gasteiger partial charge in [0.15, 0.2) is 5.78 Å². The molecular formula is C16H15ClO2. The minimum atomic E-state index is -0.00897. The van der Waals surface area contributed by atoms with E-state index in [0.717, 1.165) is 16.7 Å². The maximum atomic E-state index is 11.6. The van der Waals surface area contributed by atoms with E-state index in [1.54, 1.807) is 7.11 Å². The van der Waals surface area contributed by atoms with Crippen LogP contribution in [0.25, 0.3) is 11.1 Å². The van der Waals surface area contributed by atoms with Crippen LogP contribution in [-0.2, 0) is 0 Å². The second kappa shape index (κ2) is 5.45. The zero-order valence-electron chi connectivity index (χ0n) is 11.2. The van der Waals surface area contributed by atoms with Gasteiger partial charge < -0.3 is 4.74 Å². The van der Waals surface area contributed by atoms with Gasteiger partial charge in [-0.15, -0.1) is 0 Å². The summed E-state index contributed by atoms with van der Waals surface area (Å²) in [5, 5.41) is 0.710. The summed E-state index contributed by atoms with van der Waals surface area (Å²) in [6, 6.07) is 11.3. The fourth-order valence-electron chi connectivity index (χ4n) is 2.10. The molecule has 0 unspecified atom stereocenters. The van der Waals surface area contributed by atoms with Crippen LogP contribution in [0.2, 0.25) is 5.02 Å². The number of carbonyl (C=O) groups is 1. The SMILES string of the molecule is COc1ccc(-c2ccc(Cl)cc2C)cc1C(C)=O. The lowest BCUT2D eigenvalue weighted by Crippen LogP contribution is -1.98. The van der Waals surface area contributed by atoms with E-state index >= 15 is 0 Å². The van der Waals surface area contributed by atoms with E-state index < -0.39 is 0 Å². The van der Waals surface area contributed by atoms with Crippen molar-refractivity contribution >= 4 is 17.4 Å². The Balaban J connectivity index is 2.57. The highest BCUT2D eigenvalue weighted by Gasteiger charge is 2.11. The summed E-state index contributed by atoms with van der Waals surface area (Å²) in [7, 11) is 1.56. The minimum Gasteiger partial charge on any atom is -0.496 e. The number of benzene rings is 2. The van der Waals surface area contributed by atoms with Crippen LogP contribution in [-0.4, -0.2) is 12.9 Å². The van der Waals surface area contributed by atoms with Crippen molar-refractivity contribution in [3.63, 3.8) is 0 Å². The van der Waals surface area contributed by atoms with Crippen molar-refractivity contribution in [1.29, 1.82) is 0 Å². The zero-order valence-corrected chi connectivity index (χ0v) is 11.9. The molecule has 0 amide bonds. The number of ether oxygens (including phenoxy) is 1. The molecule has 0 heterocycles. The van der Waals surface area contributed by atoms with Crippen LogP contribution < -0.4 is 4.74 Å². The van der Waals surface area contributed by atoms with Gasteiger partial charge in [-0.3, -0.25) is 4.79 Å². The van der Waals surface area contributed by atoms with Crippen molar-refractivity contribution in [2.45, 2.75) is 13.8 Å². The summed E-state index contributed by atoms with van der Waals surface area (Å²) in [4.78, 5) is 11.6. The Morgan fingerprint density at radius 3 is 2.47 bits per heavy atom. The largest absolute Gasteiger partial charge is 0.496 e. The van der Waals surface area contributed by atoms with Crippen molar-refractivity contribution in [3.05, 3.63) is 52.5 Å². The quantitative estimate of drug-likeness (QED) is 0.769. The number of aryl methyl sites for hydroxylation is 1. The van der Waals surface area contributed by atoms with Crippen LogP contribution in [0.1, 0.15) is 22.8 Å². The van der Waals surface area contributed by atoms with Crippen LogP contribution in [0.4, 0.5) is 0 Å². The van der Waals surface area contributed by atoms with Gasteiger partial charge in [-0.05, 0) is 54.8 Å². The molecule has 0 saturated heterocycles. The second-order valence-corrected chi connectivity index (χ2v) is 4.87. The van der Waals surface area contributed by atoms with Gasteiger partial charge in [-0.25, -0.2) is 0 Å². The molecule has 0 spiro atoms. The molecule has 2 aromatic rings.